The second-order valence-corrected chi connectivity index (χ2v) is 7.14. The van der Waals surface area contributed by atoms with Gasteiger partial charge in [0.05, 0.1) is 6.20 Å². The normalized spacial score (nSPS) is 12.9. The summed E-state index contributed by atoms with van der Waals surface area (Å²) in [6, 6.07) is 6.61. The van der Waals surface area contributed by atoms with Gasteiger partial charge in [0, 0.05) is 31.1 Å². The van der Waals surface area contributed by atoms with Crippen LogP contribution in [0.2, 0.25) is 0 Å². The summed E-state index contributed by atoms with van der Waals surface area (Å²) in [7, 11) is 0. The predicted molar refractivity (Wildman–Crippen MR) is 107 cm³/mol. The number of halogens is 1. The lowest BCUT2D eigenvalue weighted by atomic mass is 10.0. The number of amides is 2. The molecule has 3 aromatic rings. The average molecular weight is 425 g/mol. The number of Topliss-reactive ketones (excluding diaryl/α,β-unsaturated/α-hetero) is 1. The van der Waals surface area contributed by atoms with Crippen molar-refractivity contribution in [3.05, 3.63) is 58.8 Å². The number of rotatable bonds is 6. The summed E-state index contributed by atoms with van der Waals surface area (Å²) < 4.78 is 20.5. The van der Waals surface area contributed by atoms with Gasteiger partial charge in [-0.2, -0.15) is 5.10 Å². The molecule has 0 aliphatic carbocycles. The van der Waals surface area contributed by atoms with E-state index in [0.29, 0.717) is 12.3 Å². The predicted octanol–water partition coefficient (Wildman–Crippen LogP) is 1.44. The molecule has 1 aromatic carbocycles. The Balaban J connectivity index is 1.55. The molecule has 0 radical (unpaired) electrons. The Hall–Kier alpha value is -3.82. The lowest BCUT2D eigenvalue weighted by Gasteiger charge is -2.17. The highest BCUT2D eigenvalue weighted by molar-refractivity contribution is 5.98. The van der Waals surface area contributed by atoms with Crippen LogP contribution < -0.4 is 15.4 Å². The molecule has 1 aliphatic heterocycles. The van der Waals surface area contributed by atoms with Crippen molar-refractivity contribution in [2.24, 2.45) is 0 Å². The maximum absolute atomic E-state index is 14.1. The minimum atomic E-state index is -0.737. The van der Waals surface area contributed by atoms with E-state index in [1.54, 1.807) is 18.2 Å². The van der Waals surface area contributed by atoms with Crippen LogP contribution in [0.1, 0.15) is 45.4 Å². The van der Waals surface area contributed by atoms with Crippen molar-refractivity contribution >= 4 is 23.2 Å². The van der Waals surface area contributed by atoms with Crippen LogP contribution in [0, 0.1) is 5.82 Å². The van der Waals surface area contributed by atoms with Gasteiger partial charge in [0.15, 0.2) is 17.2 Å². The van der Waals surface area contributed by atoms with Crippen molar-refractivity contribution in [3.63, 3.8) is 0 Å². The third kappa shape index (κ3) is 4.23. The summed E-state index contributed by atoms with van der Waals surface area (Å²) in [6.45, 7) is 2.55. The Morgan fingerprint density at radius 2 is 2.06 bits per heavy atom. The van der Waals surface area contributed by atoms with Crippen molar-refractivity contribution in [1.82, 2.24) is 25.2 Å². The molecule has 31 heavy (non-hydrogen) atoms. The fourth-order valence-electron chi connectivity index (χ4n) is 3.26. The zero-order valence-corrected chi connectivity index (χ0v) is 16.8. The first-order valence-electron chi connectivity index (χ1n) is 9.83. The first-order chi connectivity index (χ1) is 15.0. The van der Waals surface area contributed by atoms with Gasteiger partial charge in [-0.15, -0.1) is 0 Å². The third-order valence-corrected chi connectivity index (χ3v) is 4.78. The highest BCUT2D eigenvalue weighted by atomic mass is 19.1. The zero-order valence-electron chi connectivity index (χ0n) is 16.8. The van der Waals surface area contributed by atoms with Gasteiger partial charge < -0.3 is 15.4 Å². The molecule has 1 aliphatic rings. The zero-order chi connectivity index (χ0) is 22.0. The van der Waals surface area contributed by atoms with E-state index in [9.17, 15) is 18.8 Å². The topological polar surface area (TPSA) is 115 Å². The number of carbonyl (C=O) groups is 3. The molecule has 0 saturated carbocycles. The second kappa shape index (κ2) is 8.50. The van der Waals surface area contributed by atoms with E-state index in [-0.39, 0.29) is 42.4 Å². The standard InChI is InChI=1S/C21H20FN5O4/c1-2-5-23-21(30)17-8-16(26-19-15(22)10-25-27(17)19)20(29)24-9-12-3-4-18-13(6-12)7-14(28)11-31-18/h3-4,6,8,10H,2,5,7,9,11H2,1H3,(H,23,30)(H,24,29). The van der Waals surface area contributed by atoms with Gasteiger partial charge in [-0.05, 0) is 24.1 Å². The Bertz CT molecular complexity index is 1190. The van der Waals surface area contributed by atoms with Gasteiger partial charge in [-0.25, -0.2) is 13.9 Å². The van der Waals surface area contributed by atoms with Crippen molar-refractivity contribution in [1.29, 1.82) is 0 Å². The maximum Gasteiger partial charge on any atom is 0.270 e. The summed E-state index contributed by atoms with van der Waals surface area (Å²) in [5.41, 5.74) is 1.22. The van der Waals surface area contributed by atoms with Gasteiger partial charge in [0.1, 0.15) is 23.7 Å². The van der Waals surface area contributed by atoms with Crippen LogP contribution in [0.25, 0.3) is 5.65 Å². The number of hydrogen-bond acceptors (Lipinski definition) is 6. The van der Waals surface area contributed by atoms with Crippen LogP contribution >= 0.6 is 0 Å². The highest BCUT2D eigenvalue weighted by Gasteiger charge is 2.20. The molecular weight excluding hydrogens is 405 g/mol. The summed E-state index contributed by atoms with van der Waals surface area (Å²) in [5, 5.41) is 9.23. The lowest BCUT2D eigenvalue weighted by molar-refractivity contribution is -0.121. The fourth-order valence-corrected chi connectivity index (χ4v) is 3.26. The number of ketones is 1. The van der Waals surface area contributed by atoms with Crippen molar-refractivity contribution < 1.29 is 23.5 Å². The number of carbonyl (C=O) groups excluding carboxylic acids is 3. The molecule has 0 bridgehead atoms. The Kier molecular flexibility index (Phi) is 5.61. The second-order valence-electron chi connectivity index (χ2n) is 7.14. The Morgan fingerprint density at radius 3 is 2.87 bits per heavy atom. The largest absolute Gasteiger partial charge is 0.486 e. The molecule has 0 atom stereocenters. The third-order valence-electron chi connectivity index (χ3n) is 4.78. The van der Waals surface area contributed by atoms with Crippen LogP contribution in [0.15, 0.2) is 30.5 Å². The molecule has 4 rings (SSSR count). The van der Waals surface area contributed by atoms with Crippen molar-refractivity contribution in [2.45, 2.75) is 26.3 Å². The molecule has 2 amide bonds. The fraction of sp³-hybridized carbons (Fsp3) is 0.286. The monoisotopic (exact) mass is 425 g/mol. The average Bonchev–Trinajstić information content (AvgIpc) is 3.15. The first-order valence-corrected chi connectivity index (χ1v) is 9.83. The molecule has 9 nitrogen and oxygen atoms in total. The smallest absolute Gasteiger partial charge is 0.270 e. The first kappa shape index (κ1) is 20.5. The summed E-state index contributed by atoms with van der Waals surface area (Å²) in [4.78, 5) is 40.7. The number of nitrogens with one attached hydrogen (secondary N) is 2. The molecule has 160 valence electrons. The highest BCUT2D eigenvalue weighted by Crippen LogP contribution is 2.24. The molecule has 10 heteroatoms. The van der Waals surface area contributed by atoms with E-state index in [1.165, 1.54) is 6.07 Å². The van der Waals surface area contributed by atoms with Gasteiger partial charge in [0.25, 0.3) is 11.8 Å². The van der Waals surface area contributed by atoms with Gasteiger partial charge in [-0.1, -0.05) is 13.0 Å². The molecule has 3 heterocycles. The van der Waals surface area contributed by atoms with E-state index in [4.69, 9.17) is 4.74 Å². The van der Waals surface area contributed by atoms with Crippen LogP contribution in [0.3, 0.4) is 0 Å². The molecular formula is C21H20FN5O4. The minimum absolute atomic E-state index is 0.0111. The number of hydrogen-bond donors (Lipinski definition) is 2. The number of aromatic nitrogens is 3. The van der Waals surface area contributed by atoms with Gasteiger partial charge in [-0.3, -0.25) is 14.4 Å². The van der Waals surface area contributed by atoms with Gasteiger partial charge in [0.2, 0.25) is 0 Å². The van der Waals surface area contributed by atoms with E-state index >= 15 is 0 Å². The quantitative estimate of drug-likeness (QED) is 0.618. The summed E-state index contributed by atoms with van der Waals surface area (Å²) in [6.07, 6.45) is 1.95. The van der Waals surface area contributed by atoms with E-state index in [1.807, 2.05) is 6.92 Å². The Morgan fingerprint density at radius 1 is 1.23 bits per heavy atom. The number of ether oxygens (including phenoxy) is 1. The van der Waals surface area contributed by atoms with E-state index in [0.717, 1.165) is 28.3 Å². The van der Waals surface area contributed by atoms with Crippen molar-refractivity contribution in [3.8, 4) is 5.75 Å². The molecule has 2 aromatic heterocycles. The van der Waals surface area contributed by atoms with E-state index < -0.39 is 17.6 Å². The molecule has 0 unspecified atom stereocenters. The number of fused-ring (bicyclic) bond motifs is 2. The maximum atomic E-state index is 14.1. The SMILES string of the molecule is CCCNC(=O)c1cc(C(=O)NCc2ccc3c(c2)CC(=O)CO3)nc2c(F)cnn12. The van der Waals surface area contributed by atoms with Crippen molar-refractivity contribution in [2.75, 3.05) is 13.2 Å². The summed E-state index contributed by atoms with van der Waals surface area (Å²) in [5.74, 6) is -1.15. The lowest BCUT2D eigenvalue weighted by Crippen LogP contribution is -2.29. The van der Waals surface area contributed by atoms with Crippen LogP contribution in [-0.4, -0.2) is 45.3 Å². The molecule has 0 saturated heterocycles. The summed E-state index contributed by atoms with van der Waals surface area (Å²) >= 11 is 0. The Labute approximate surface area is 176 Å². The van der Waals surface area contributed by atoms with Gasteiger partial charge >= 0.3 is 0 Å². The van der Waals surface area contributed by atoms with Crippen LogP contribution in [-0.2, 0) is 17.8 Å². The van der Waals surface area contributed by atoms with E-state index in [2.05, 4.69) is 20.7 Å². The number of nitrogens with zero attached hydrogens (tertiary/aromatic N) is 3. The number of benzene rings is 1. The molecule has 0 spiro atoms. The minimum Gasteiger partial charge on any atom is -0.486 e. The van der Waals surface area contributed by atoms with Crippen LogP contribution in [0.4, 0.5) is 4.39 Å². The molecule has 0 fully saturated rings. The molecule has 2 N–H and O–H groups in total. The van der Waals surface area contributed by atoms with Crippen LogP contribution in [0.5, 0.6) is 5.75 Å².